The number of likely N-dealkylation sites (tertiary alicyclic amines) is 1. The van der Waals surface area contributed by atoms with Gasteiger partial charge in [0.1, 0.15) is 0 Å². The highest BCUT2D eigenvalue weighted by Crippen LogP contribution is 2.24. The van der Waals surface area contributed by atoms with Gasteiger partial charge in [0.15, 0.2) is 0 Å². The molecule has 1 aliphatic rings. The summed E-state index contributed by atoms with van der Waals surface area (Å²) in [5, 5.41) is 10.5. The molecule has 0 amide bonds. The number of sulfonamides is 1. The zero-order valence-electron chi connectivity index (χ0n) is 14.2. The fraction of sp³-hybridized carbons (Fsp3) is 0.368. The minimum atomic E-state index is -3.73. The average Bonchev–Trinajstić information content (AvgIpc) is 3.14. The highest BCUT2D eigenvalue weighted by atomic mass is 32.2. The van der Waals surface area contributed by atoms with Crippen LogP contribution in [0.4, 0.5) is 5.69 Å². The first kappa shape index (κ1) is 17.9. The van der Waals surface area contributed by atoms with Crippen molar-refractivity contribution in [2.45, 2.75) is 23.8 Å². The van der Waals surface area contributed by atoms with Gasteiger partial charge in [-0.3, -0.25) is 4.31 Å². The number of nitrogens with zero attached hydrogens (tertiary/aromatic N) is 2. The maximum absolute atomic E-state index is 13.1. The Kier molecular flexibility index (Phi) is 5.73. The quantitative estimate of drug-likeness (QED) is 0.823. The predicted octanol–water partition coefficient (Wildman–Crippen LogP) is 2.34. The van der Waals surface area contributed by atoms with Crippen LogP contribution in [0, 0.1) is 0 Å². The van der Waals surface area contributed by atoms with E-state index < -0.39 is 16.1 Å². The summed E-state index contributed by atoms with van der Waals surface area (Å²) in [6, 6.07) is 17.3. The molecule has 2 aromatic rings. The molecule has 0 aliphatic carbocycles. The minimum absolute atomic E-state index is 0.0394. The number of aliphatic hydroxyl groups excluding tert-OH is 1. The van der Waals surface area contributed by atoms with Crippen LogP contribution >= 0.6 is 0 Å². The van der Waals surface area contributed by atoms with Crippen LogP contribution in [0.25, 0.3) is 0 Å². The fourth-order valence-electron chi connectivity index (χ4n) is 3.17. The lowest BCUT2D eigenvalue weighted by atomic mass is 10.3. The first-order valence-electron chi connectivity index (χ1n) is 8.60. The Balaban J connectivity index is 1.85. The molecule has 5 nitrogen and oxygen atoms in total. The first-order chi connectivity index (χ1) is 12.1. The number of anilines is 1. The molecule has 0 radical (unpaired) electrons. The van der Waals surface area contributed by atoms with Gasteiger partial charge in [-0.2, -0.15) is 0 Å². The summed E-state index contributed by atoms with van der Waals surface area (Å²) < 4.78 is 27.5. The van der Waals surface area contributed by atoms with Crippen LogP contribution in [-0.4, -0.2) is 50.7 Å². The van der Waals surface area contributed by atoms with Gasteiger partial charge in [-0.15, -0.1) is 0 Å². The molecule has 134 valence electrons. The molecule has 1 fully saturated rings. The van der Waals surface area contributed by atoms with E-state index in [1.54, 1.807) is 54.6 Å². The van der Waals surface area contributed by atoms with E-state index in [0.29, 0.717) is 12.2 Å². The van der Waals surface area contributed by atoms with Crippen LogP contribution in [0.15, 0.2) is 65.6 Å². The Labute approximate surface area is 149 Å². The Morgan fingerprint density at radius 3 is 2.12 bits per heavy atom. The zero-order chi connectivity index (χ0) is 17.7. The van der Waals surface area contributed by atoms with Gasteiger partial charge in [-0.1, -0.05) is 36.4 Å². The second-order valence-corrected chi connectivity index (χ2v) is 8.21. The Hall–Kier alpha value is -1.89. The van der Waals surface area contributed by atoms with E-state index in [0.717, 1.165) is 25.9 Å². The van der Waals surface area contributed by atoms with E-state index in [2.05, 4.69) is 4.90 Å². The maximum Gasteiger partial charge on any atom is 0.264 e. The van der Waals surface area contributed by atoms with Crippen molar-refractivity contribution in [1.82, 2.24) is 4.90 Å². The van der Waals surface area contributed by atoms with Crippen molar-refractivity contribution >= 4 is 15.7 Å². The van der Waals surface area contributed by atoms with E-state index in [1.807, 2.05) is 6.07 Å². The average molecular weight is 360 g/mol. The van der Waals surface area contributed by atoms with E-state index in [9.17, 15) is 13.5 Å². The molecule has 0 unspecified atom stereocenters. The van der Waals surface area contributed by atoms with Crippen molar-refractivity contribution in [3.05, 3.63) is 60.7 Å². The van der Waals surface area contributed by atoms with Gasteiger partial charge >= 0.3 is 0 Å². The smallest absolute Gasteiger partial charge is 0.264 e. The van der Waals surface area contributed by atoms with Crippen molar-refractivity contribution in [2.24, 2.45) is 0 Å². The summed E-state index contributed by atoms with van der Waals surface area (Å²) in [7, 11) is -3.73. The van der Waals surface area contributed by atoms with Crippen LogP contribution in [0.2, 0.25) is 0 Å². The van der Waals surface area contributed by atoms with Gasteiger partial charge in [0, 0.05) is 6.54 Å². The summed E-state index contributed by atoms with van der Waals surface area (Å²) in [5.41, 5.74) is 0.562. The van der Waals surface area contributed by atoms with Crippen LogP contribution < -0.4 is 4.31 Å². The second kappa shape index (κ2) is 7.99. The van der Waals surface area contributed by atoms with Crippen molar-refractivity contribution < 1.29 is 13.5 Å². The number of aliphatic hydroxyl groups is 1. The van der Waals surface area contributed by atoms with E-state index >= 15 is 0 Å². The minimum Gasteiger partial charge on any atom is -0.390 e. The van der Waals surface area contributed by atoms with Crippen LogP contribution in [0.5, 0.6) is 0 Å². The highest BCUT2D eigenvalue weighted by molar-refractivity contribution is 7.92. The predicted molar refractivity (Wildman–Crippen MR) is 99.1 cm³/mol. The molecule has 1 saturated heterocycles. The molecule has 1 heterocycles. The van der Waals surface area contributed by atoms with E-state index in [-0.39, 0.29) is 11.4 Å². The molecule has 25 heavy (non-hydrogen) atoms. The van der Waals surface area contributed by atoms with Crippen LogP contribution in [0.3, 0.4) is 0 Å². The molecular formula is C19H24N2O3S. The maximum atomic E-state index is 13.1. The topological polar surface area (TPSA) is 60.9 Å². The molecular weight excluding hydrogens is 336 g/mol. The second-order valence-electron chi connectivity index (χ2n) is 6.35. The molecule has 1 atom stereocenters. The van der Waals surface area contributed by atoms with Crippen LogP contribution in [-0.2, 0) is 10.0 Å². The number of rotatable bonds is 7. The molecule has 2 aromatic carbocycles. The standard InChI is InChI=1S/C19H24N2O3S/c22-18(15-20-13-7-8-14-20)16-21(17-9-3-1-4-10-17)25(23,24)19-11-5-2-6-12-19/h1-6,9-12,18,22H,7-8,13-16H2/t18-/m1/s1. The summed E-state index contributed by atoms with van der Waals surface area (Å²) in [5.74, 6) is 0. The Morgan fingerprint density at radius 2 is 1.52 bits per heavy atom. The molecule has 3 rings (SSSR count). The third-order valence-corrected chi connectivity index (χ3v) is 6.23. The lowest BCUT2D eigenvalue weighted by Crippen LogP contribution is -2.42. The monoisotopic (exact) mass is 360 g/mol. The molecule has 6 heteroatoms. The molecule has 0 aromatic heterocycles. The number of hydrogen-bond donors (Lipinski definition) is 1. The summed E-state index contributed by atoms with van der Waals surface area (Å²) in [6.07, 6.45) is 1.53. The normalized spacial score (nSPS) is 16.7. The lowest BCUT2D eigenvalue weighted by Gasteiger charge is -2.28. The van der Waals surface area contributed by atoms with Gasteiger partial charge in [-0.25, -0.2) is 8.42 Å². The van der Waals surface area contributed by atoms with Gasteiger partial charge in [0.2, 0.25) is 0 Å². The van der Waals surface area contributed by atoms with Gasteiger partial charge < -0.3 is 10.0 Å². The fourth-order valence-corrected chi connectivity index (χ4v) is 4.69. The summed E-state index contributed by atoms with van der Waals surface area (Å²) in [6.45, 7) is 2.47. The van der Waals surface area contributed by atoms with Gasteiger partial charge in [-0.05, 0) is 50.2 Å². The van der Waals surface area contributed by atoms with Crippen molar-refractivity contribution in [1.29, 1.82) is 0 Å². The summed E-state index contributed by atoms with van der Waals surface area (Å²) in [4.78, 5) is 2.41. The number of β-amino-alcohol motifs (C(OH)–C–C–N with tert-alkyl or cyclic N) is 1. The van der Waals surface area contributed by atoms with E-state index in [1.165, 1.54) is 4.31 Å². The summed E-state index contributed by atoms with van der Waals surface area (Å²) >= 11 is 0. The SMILES string of the molecule is O=S(=O)(c1ccccc1)N(C[C@H](O)CN1CCCC1)c1ccccc1. The number of para-hydroxylation sites is 1. The Bertz CT molecular complexity index is 760. The van der Waals surface area contributed by atoms with Gasteiger partial charge in [0.05, 0.1) is 23.2 Å². The van der Waals surface area contributed by atoms with Crippen molar-refractivity contribution in [3.8, 4) is 0 Å². The molecule has 1 N–H and O–H groups in total. The van der Waals surface area contributed by atoms with Gasteiger partial charge in [0.25, 0.3) is 10.0 Å². The molecule has 0 saturated carbocycles. The lowest BCUT2D eigenvalue weighted by molar-refractivity contribution is 0.132. The third-order valence-electron chi connectivity index (χ3n) is 4.42. The first-order valence-corrected chi connectivity index (χ1v) is 10.0. The number of benzene rings is 2. The highest BCUT2D eigenvalue weighted by Gasteiger charge is 2.28. The molecule has 1 aliphatic heterocycles. The molecule has 0 bridgehead atoms. The van der Waals surface area contributed by atoms with Crippen molar-refractivity contribution in [3.63, 3.8) is 0 Å². The largest absolute Gasteiger partial charge is 0.390 e. The van der Waals surface area contributed by atoms with E-state index in [4.69, 9.17) is 0 Å². The zero-order valence-corrected chi connectivity index (χ0v) is 15.0. The van der Waals surface area contributed by atoms with Crippen LogP contribution in [0.1, 0.15) is 12.8 Å². The third kappa shape index (κ3) is 4.39. The van der Waals surface area contributed by atoms with Crippen molar-refractivity contribution in [2.75, 3.05) is 30.5 Å². The number of hydrogen-bond acceptors (Lipinski definition) is 4. The Morgan fingerprint density at radius 1 is 0.960 bits per heavy atom. The molecule has 0 spiro atoms.